The van der Waals surface area contributed by atoms with Gasteiger partial charge >= 0.3 is 0 Å². The summed E-state index contributed by atoms with van der Waals surface area (Å²) in [6, 6.07) is 16.8. The van der Waals surface area contributed by atoms with E-state index >= 15 is 0 Å². The molecule has 154 valence electrons. The molecule has 0 atom stereocenters. The van der Waals surface area contributed by atoms with Gasteiger partial charge in [-0.05, 0) is 49.6 Å². The molecule has 2 fully saturated rings. The van der Waals surface area contributed by atoms with Gasteiger partial charge in [-0.1, -0.05) is 24.3 Å². The Morgan fingerprint density at radius 2 is 1.80 bits per heavy atom. The van der Waals surface area contributed by atoms with Gasteiger partial charge in [0.05, 0.1) is 34.6 Å². The standard InChI is InChI=1S/C22H22N4O3S/c27-22(24-17-6-4-9-19(14-17)25-12-5-13-30(25,28)29)20-15-23-26(21(20)16-10-11-16)18-7-2-1-3-8-18/h1-4,6-9,14-16H,5,10-13H2,(H,24,27). The number of carbonyl (C=O) groups excluding carboxylic acids is 1. The minimum atomic E-state index is -3.27. The van der Waals surface area contributed by atoms with Crippen LogP contribution in [-0.2, 0) is 10.0 Å². The van der Waals surface area contributed by atoms with E-state index in [0.717, 1.165) is 24.2 Å². The molecular weight excluding hydrogens is 400 g/mol. The number of amides is 1. The summed E-state index contributed by atoms with van der Waals surface area (Å²) in [5.74, 6) is 0.252. The van der Waals surface area contributed by atoms with Crippen LogP contribution in [0.25, 0.3) is 5.69 Å². The number of aromatic nitrogens is 2. The highest BCUT2D eigenvalue weighted by molar-refractivity contribution is 7.93. The molecule has 2 aromatic carbocycles. The van der Waals surface area contributed by atoms with Crippen molar-refractivity contribution in [2.75, 3.05) is 21.9 Å². The molecule has 0 bridgehead atoms. The quantitative estimate of drug-likeness (QED) is 0.682. The van der Waals surface area contributed by atoms with Crippen LogP contribution in [-0.4, -0.2) is 36.4 Å². The van der Waals surface area contributed by atoms with Crippen LogP contribution in [0.1, 0.15) is 41.2 Å². The van der Waals surface area contributed by atoms with Gasteiger partial charge in [0.2, 0.25) is 10.0 Å². The normalized spacial score (nSPS) is 17.8. The largest absolute Gasteiger partial charge is 0.322 e. The van der Waals surface area contributed by atoms with Crippen molar-refractivity contribution in [3.8, 4) is 5.69 Å². The minimum Gasteiger partial charge on any atom is -0.322 e. The van der Waals surface area contributed by atoms with Crippen molar-refractivity contribution in [3.63, 3.8) is 0 Å². The molecule has 1 N–H and O–H groups in total. The van der Waals surface area contributed by atoms with Crippen LogP contribution < -0.4 is 9.62 Å². The highest BCUT2D eigenvalue weighted by atomic mass is 32.2. The molecule has 1 aliphatic carbocycles. The molecule has 5 rings (SSSR count). The van der Waals surface area contributed by atoms with E-state index in [1.54, 1.807) is 30.5 Å². The molecule has 1 saturated carbocycles. The third-order valence-electron chi connectivity index (χ3n) is 5.51. The van der Waals surface area contributed by atoms with E-state index in [0.29, 0.717) is 35.8 Å². The molecule has 0 spiro atoms. The first-order valence-electron chi connectivity index (χ1n) is 10.1. The molecule has 30 heavy (non-hydrogen) atoms. The zero-order valence-electron chi connectivity index (χ0n) is 16.4. The van der Waals surface area contributed by atoms with E-state index in [9.17, 15) is 13.2 Å². The summed E-state index contributed by atoms with van der Waals surface area (Å²) in [5, 5.41) is 7.40. The van der Waals surface area contributed by atoms with Gasteiger partial charge in [0, 0.05) is 18.2 Å². The van der Waals surface area contributed by atoms with Crippen LogP contribution >= 0.6 is 0 Å². The zero-order chi connectivity index (χ0) is 20.7. The highest BCUT2D eigenvalue weighted by Crippen LogP contribution is 2.42. The molecule has 3 aromatic rings. The number of hydrogen-bond donors (Lipinski definition) is 1. The second kappa shape index (κ2) is 7.28. The van der Waals surface area contributed by atoms with Gasteiger partial charge in [-0.2, -0.15) is 5.10 Å². The number of rotatable bonds is 5. The molecule has 2 aliphatic rings. The van der Waals surface area contributed by atoms with Crippen molar-refractivity contribution in [3.05, 3.63) is 72.1 Å². The van der Waals surface area contributed by atoms with Gasteiger partial charge in [0.1, 0.15) is 0 Å². The summed E-state index contributed by atoms with van der Waals surface area (Å²) < 4.78 is 27.7. The molecule has 1 saturated heterocycles. The maximum Gasteiger partial charge on any atom is 0.259 e. The molecular formula is C22H22N4O3S. The van der Waals surface area contributed by atoms with E-state index < -0.39 is 10.0 Å². The van der Waals surface area contributed by atoms with E-state index in [2.05, 4.69) is 10.4 Å². The maximum absolute atomic E-state index is 13.1. The Kier molecular flexibility index (Phi) is 4.58. The van der Waals surface area contributed by atoms with E-state index in [1.807, 2.05) is 35.0 Å². The number of nitrogens with zero attached hydrogens (tertiary/aromatic N) is 3. The zero-order valence-corrected chi connectivity index (χ0v) is 17.2. The molecule has 1 aliphatic heterocycles. The Labute approximate surface area is 175 Å². The van der Waals surface area contributed by atoms with Crippen molar-refractivity contribution in [1.82, 2.24) is 9.78 Å². The van der Waals surface area contributed by atoms with E-state index in [1.165, 1.54) is 4.31 Å². The van der Waals surface area contributed by atoms with E-state index in [-0.39, 0.29) is 11.7 Å². The summed E-state index contributed by atoms with van der Waals surface area (Å²) in [6.07, 6.45) is 4.31. The first kappa shape index (κ1) is 18.9. The lowest BCUT2D eigenvalue weighted by molar-refractivity contribution is 0.102. The molecule has 1 aromatic heterocycles. The Morgan fingerprint density at radius 3 is 2.50 bits per heavy atom. The van der Waals surface area contributed by atoms with Crippen molar-refractivity contribution >= 4 is 27.3 Å². The van der Waals surface area contributed by atoms with Gasteiger partial charge in [-0.25, -0.2) is 13.1 Å². The van der Waals surface area contributed by atoms with Gasteiger partial charge in [-0.15, -0.1) is 0 Å². The number of hydrogen-bond acceptors (Lipinski definition) is 4. The SMILES string of the molecule is O=C(Nc1cccc(N2CCCS2(=O)=O)c1)c1cnn(-c2ccccc2)c1C1CC1. The van der Waals surface area contributed by atoms with Crippen molar-refractivity contribution in [2.24, 2.45) is 0 Å². The second-order valence-electron chi connectivity index (χ2n) is 7.71. The van der Waals surface area contributed by atoms with Crippen LogP contribution in [0.5, 0.6) is 0 Å². The molecule has 0 radical (unpaired) electrons. The highest BCUT2D eigenvalue weighted by Gasteiger charge is 2.33. The van der Waals surface area contributed by atoms with Crippen LogP contribution in [0.15, 0.2) is 60.8 Å². The Hall–Kier alpha value is -3.13. The average molecular weight is 423 g/mol. The van der Waals surface area contributed by atoms with Gasteiger partial charge < -0.3 is 5.32 Å². The molecule has 2 heterocycles. The summed E-state index contributed by atoms with van der Waals surface area (Å²) in [4.78, 5) is 13.1. The topological polar surface area (TPSA) is 84.3 Å². The predicted octanol–water partition coefficient (Wildman–Crippen LogP) is 3.54. The van der Waals surface area contributed by atoms with Crippen LogP contribution in [0.4, 0.5) is 11.4 Å². The van der Waals surface area contributed by atoms with E-state index in [4.69, 9.17) is 0 Å². The fraction of sp³-hybridized carbons (Fsp3) is 0.273. The number of sulfonamides is 1. The summed E-state index contributed by atoms with van der Waals surface area (Å²) in [7, 11) is -3.27. The summed E-state index contributed by atoms with van der Waals surface area (Å²) >= 11 is 0. The Morgan fingerprint density at radius 1 is 1.03 bits per heavy atom. The molecule has 1 amide bonds. The fourth-order valence-corrected chi connectivity index (χ4v) is 5.48. The Balaban J connectivity index is 1.43. The lowest BCUT2D eigenvalue weighted by Crippen LogP contribution is -2.25. The molecule has 8 heteroatoms. The van der Waals surface area contributed by atoms with Crippen molar-refractivity contribution < 1.29 is 13.2 Å². The third kappa shape index (κ3) is 3.47. The van der Waals surface area contributed by atoms with Crippen LogP contribution in [0.3, 0.4) is 0 Å². The lowest BCUT2D eigenvalue weighted by atomic mass is 10.1. The maximum atomic E-state index is 13.1. The summed E-state index contributed by atoms with van der Waals surface area (Å²) in [6.45, 7) is 0.468. The average Bonchev–Trinajstić information content (AvgIpc) is 3.38. The second-order valence-corrected chi connectivity index (χ2v) is 9.72. The number of nitrogens with one attached hydrogen (secondary N) is 1. The fourth-order valence-electron chi connectivity index (χ4n) is 3.92. The van der Waals surface area contributed by atoms with Crippen molar-refractivity contribution in [1.29, 1.82) is 0 Å². The van der Waals surface area contributed by atoms with Crippen LogP contribution in [0, 0.1) is 0 Å². The lowest BCUT2D eigenvalue weighted by Gasteiger charge is -2.18. The van der Waals surface area contributed by atoms with Gasteiger partial charge in [0.25, 0.3) is 5.91 Å². The van der Waals surface area contributed by atoms with Crippen LogP contribution in [0.2, 0.25) is 0 Å². The number of para-hydroxylation sites is 1. The first-order chi connectivity index (χ1) is 14.5. The predicted molar refractivity (Wildman–Crippen MR) is 116 cm³/mol. The molecule has 0 unspecified atom stereocenters. The smallest absolute Gasteiger partial charge is 0.259 e. The number of carbonyl (C=O) groups is 1. The third-order valence-corrected chi connectivity index (χ3v) is 7.38. The molecule has 7 nitrogen and oxygen atoms in total. The van der Waals surface area contributed by atoms with Gasteiger partial charge in [0.15, 0.2) is 0 Å². The summed E-state index contributed by atoms with van der Waals surface area (Å²) in [5.41, 5.74) is 3.55. The number of anilines is 2. The number of benzene rings is 2. The van der Waals surface area contributed by atoms with Crippen molar-refractivity contribution in [2.45, 2.75) is 25.2 Å². The monoisotopic (exact) mass is 422 g/mol. The Bertz CT molecular complexity index is 1200. The van der Waals surface area contributed by atoms with Gasteiger partial charge in [-0.3, -0.25) is 9.10 Å². The first-order valence-corrected chi connectivity index (χ1v) is 11.7. The minimum absolute atomic E-state index is 0.160.